The van der Waals surface area contributed by atoms with Gasteiger partial charge in [-0.05, 0) is 64.8 Å². The Hall–Kier alpha value is -0.0800. The molecule has 2 heteroatoms. The number of hydrogen-bond acceptors (Lipinski definition) is 2. The molecule has 2 nitrogen and oxygen atoms in total. The molecule has 0 aromatic rings. The number of nitrogens with zero attached hydrogens (tertiary/aromatic N) is 1. The molecule has 0 aromatic carbocycles. The number of nitrogens with one attached hydrogen (secondary N) is 1. The Kier molecular flexibility index (Phi) is 11.4. The Labute approximate surface area is 127 Å². The van der Waals surface area contributed by atoms with Gasteiger partial charge in [0.25, 0.3) is 0 Å². The average molecular weight is 283 g/mol. The topological polar surface area (TPSA) is 15.3 Å². The highest BCUT2D eigenvalue weighted by molar-refractivity contribution is 4.69. The van der Waals surface area contributed by atoms with Crippen LogP contribution in [0.1, 0.15) is 77.6 Å². The van der Waals surface area contributed by atoms with Crippen molar-refractivity contribution in [2.45, 2.75) is 77.6 Å². The summed E-state index contributed by atoms with van der Waals surface area (Å²) < 4.78 is 0. The molecular formula is C18H38N2. The molecule has 0 aliphatic carbocycles. The van der Waals surface area contributed by atoms with E-state index in [1.165, 1.54) is 96.8 Å². The standard InChI is InChI=1S/C18H38N2/c1-3-4-5-6-7-8-9-10-16-20(2)17-13-18-11-14-19-15-12-18/h18-19H,3-17H2,1-2H3. The van der Waals surface area contributed by atoms with Crippen LogP contribution in [0.3, 0.4) is 0 Å². The molecule has 0 bridgehead atoms. The first-order valence-electron chi connectivity index (χ1n) is 9.22. The van der Waals surface area contributed by atoms with Crippen molar-refractivity contribution in [1.29, 1.82) is 0 Å². The minimum Gasteiger partial charge on any atom is -0.317 e. The van der Waals surface area contributed by atoms with Crippen LogP contribution in [0, 0.1) is 5.92 Å². The molecule has 1 saturated heterocycles. The SMILES string of the molecule is CCCCCCCCCCN(C)CCC1CCNCC1. The van der Waals surface area contributed by atoms with Crippen LogP contribution in [0.5, 0.6) is 0 Å². The predicted molar refractivity (Wildman–Crippen MR) is 90.3 cm³/mol. The third-order valence-corrected chi connectivity index (χ3v) is 4.77. The first-order chi connectivity index (χ1) is 9.83. The van der Waals surface area contributed by atoms with Crippen molar-refractivity contribution in [1.82, 2.24) is 10.2 Å². The smallest absolute Gasteiger partial charge is 0.00191 e. The van der Waals surface area contributed by atoms with E-state index >= 15 is 0 Å². The van der Waals surface area contributed by atoms with Crippen molar-refractivity contribution in [3.05, 3.63) is 0 Å². The maximum atomic E-state index is 3.46. The summed E-state index contributed by atoms with van der Waals surface area (Å²) in [4.78, 5) is 2.55. The van der Waals surface area contributed by atoms with Crippen LogP contribution in [-0.4, -0.2) is 38.1 Å². The summed E-state index contributed by atoms with van der Waals surface area (Å²) >= 11 is 0. The summed E-state index contributed by atoms with van der Waals surface area (Å²) in [5, 5.41) is 3.46. The van der Waals surface area contributed by atoms with Gasteiger partial charge in [-0.1, -0.05) is 51.9 Å². The molecule has 0 spiro atoms. The minimum absolute atomic E-state index is 0.984. The summed E-state index contributed by atoms with van der Waals surface area (Å²) in [5.74, 6) is 0.984. The van der Waals surface area contributed by atoms with E-state index in [1.54, 1.807) is 0 Å². The molecule has 1 heterocycles. The Morgan fingerprint density at radius 3 is 2.10 bits per heavy atom. The molecule has 0 unspecified atom stereocenters. The van der Waals surface area contributed by atoms with Gasteiger partial charge in [0.1, 0.15) is 0 Å². The van der Waals surface area contributed by atoms with Crippen molar-refractivity contribution < 1.29 is 0 Å². The fourth-order valence-corrected chi connectivity index (χ4v) is 3.20. The number of hydrogen-bond donors (Lipinski definition) is 1. The summed E-state index contributed by atoms with van der Waals surface area (Å²) in [5.41, 5.74) is 0. The van der Waals surface area contributed by atoms with E-state index in [2.05, 4.69) is 24.2 Å². The van der Waals surface area contributed by atoms with Gasteiger partial charge in [0.15, 0.2) is 0 Å². The lowest BCUT2D eigenvalue weighted by atomic mass is 9.94. The van der Waals surface area contributed by atoms with Crippen molar-refractivity contribution >= 4 is 0 Å². The molecule has 1 rings (SSSR count). The fourth-order valence-electron chi connectivity index (χ4n) is 3.20. The van der Waals surface area contributed by atoms with Gasteiger partial charge in [-0.15, -0.1) is 0 Å². The zero-order valence-corrected chi connectivity index (χ0v) is 14.1. The van der Waals surface area contributed by atoms with Gasteiger partial charge < -0.3 is 10.2 Å². The second-order valence-electron chi connectivity index (χ2n) is 6.76. The van der Waals surface area contributed by atoms with Crippen LogP contribution in [0.4, 0.5) is 0 Å². The molecule has 0 aromatic heterocycles. The number of piperidine rings is 1. The Morgan fingerprint density at radius 2 is 1.45 bits per heavy atom. The van der Waals surface area contributed by atoms with Gasteiger partial charge in [0.2, 0.25) is 0 Å². The van der Waals surface area contributed by atoms with E-state index in [0.29, 0.717) is 0 Å². The largest absolute Gasteiger partial charge is 0.317 e. The lowest BCUT2D eigenvalue weighted by Gasteiger charge is -2.25. The summed E-state index contributed by atoms with van der Waals surface area (Å²) in [6.07, 6.45) is 15.6. The minimum atomic E-state index is 0.984. The lowest BCUT2D eigenvalue weighted by molar-refractivity contribution is 0.267. The Bertz CT molecular complexity index is 200. The molecule has 0 saturated carbocycles. The lowest BCUT2D eigenvalue weighted by Crippen LogP contribution is -2.30. The summed E-state index contributed by atoms with van der Waals surface area (Å²) in [6.45, 7) is 7.39. The fraction of sp³-hybridized carbons (Fsp3) is 1.00. The second kappa shape index (κ2) is 12.6. The zero-order valence-electron chi connectivity index (χ0n) is 14.1. The van der Waals surface area contributed by atoms with Crippen molar-refractivity contribution in [2.75, 3.05) is 33.2 Å². The highest BCUT2D eigenvalue weighted by Gasteiger charge is 2.13. The van der Waals surface area contributed by atoms with Crippen LogP contribution in [0.25, 0.3) is 0 Å². The van der Waals surface area contributed by atoms with E-state index in [1.807, 2.05) is 0 Å². The molecule has 0 atom stereocenters. The van der Waals surface area contributed by atoms with Crippen molar-refractivity contribution in [2.24, 2.45) is 5.92 Å². The Balaban J connectivity index is 1.83. The number of rotatable bonds is 12. The van der Waals surface area contributed by atoms with E-state index in [0.717, 1.165) is 5.92 Å². The highest BCUT2D eigenvalue weighted by Crippen LogP contribution is 2.16. The normalized spacial score (nSPS) is 16.9. The van der Waals surface area contributed by atoms with Crippen LogP contribution < -0.4 is 5.32 Å². The monoisotopic (exact) mass is 282 g/mol. The third kappa shape index (κ3) is 9.77. The van der Waals surface area contributed by atoms with Gasteiger partial charge in [-0.25, -0.2) is 0 Å². The predicted octanol–water partition coefficient (Wildman–Crippen LogP) is 4.45. The quantitative estimate of drug-likeness (QED) is 0.532. The molecule has 1 fully saturated rings. The molecule has 0 radical (unpaired) electrons. The van der Waals surface area contributed by atoms with Crippen LogP contribution in [0.15, 0.2) is 0 Å². The van der Waals surface area contributed by atoms with E-state index in [-0.39, 0.29) is 0 Å². The molecule has 20 heavy (non-hydrogen) atoms. The van der Waals surface area contributed by atoms with E-state index < -0.39 is 0 Å². The highest BCUT2D eigenvalue weighted by atomic mass is 15.1. The summed E-state index contributed by atoms with van der Waals surface area (Å²) in [6, 6.07) is 0. The maximum absolute atomic E-state index is 3.46. The van der Waals surface area contributed by atoms with E-state index in [4.69, 9.17) is 0 Å². The van der Waals surface area contributed by atoms with Gasteiger partial charge >= 0.3 is 0 Å². The van der Waals surface area contributed by atoms with Crippen LogP contribution in [0.2, 0.25) is 0 Å². The molecule has 1 N–H and O–H groups in total. The summed E-state index contributed by atoms with van der Waals surface area (Å²) in [7, 11) is 2.31. The van der Waals surface area contributed by atoms with Crippen molar-refractivity contribution in [3.63, 3.8) is 0 Å². The first-order valence-corrected chi connectivity index (χ1v) is 9.22. The average Bonchev–Trinajstić information content (AvgIpc) is 2.49. The van der Waals surface area contributed by atoms with Crippen LogP contribution >= 0.6 is 0 Å². The molecule has 120 valence electrons. The molecule has 1 aliphatic heterocycles. The van der Waals surface area contributed by atoms with E-state index in [9.17, 15) is 0 Å². The maximum Gasteiger partial charge on any atom is -0.00191 e. The first kappa shape index (κ1) is 18.0. The third-order valence-electron chi connectivity index (χ3n) is 4.77. The zero-order chi connectivity index (χ0) is 14.5. The number of unbranched alkanes of at least 4 members (excludes halogenated alkanes) is 7. The van der Waals surface area contributed by atoms with Crippen LogP contribution in [-0.2, 0) is 0 Å². The van der Waals surface area contributed by atoms with Crippen molar-refractivity contribution in [3.8, 4) is 0 Å². The van der Waals surface area contributed by atoms with Gasteiger partial charge in [-0.3, -0.25) is 0 Å². The molecular weight excluding hydrogens is 244 g/mol. The molecule has 1 aliphatic rings. The second-order valence-corrected chi connectivity index (χ2v) is 6.76. The van der Waals surface area contributed by atoms with Gasteiger partial charge in [0, 0.05) is 0 Å². The van der Waals surface area contributed by atoms with Gasteiger partial charge in [-0.2, -0.15) is 0 Å². The Morgan fingerprint density at radius 1 is 0.850 bits per heavy atom. The van der Waals surface area contributed by atoms with Gasteiger partial charge in [0.05, 0.1) is 0 Å². The molecule has 0 amide bonds.